The highest BCUT2D eigenvalue weighted by atomic mass is 19.4. The number of halogens is 3. The van der Waals surface area contributed by atoms with Crippen molar-refractivity contribution < 1.29 is 27.5 Å². The largest absolute Gasteiger partial charge is 0.466 e. The molecular weight excluding hydrogens is 493 g/mol. The third kappa shape index (κ3) is 8.37. The minimum Gasteiger partial charge on any atom is -0.466 e. The summed E-state index contributed by atoms with van der Waals surface area (Å²) in [7, 11) is 1.30. The van der Waals surface area contributed by atoms with Gasteiger partial charge in [-0.3, -0.25) is 4.90 Å². The number of anilines is 1. The first-order valence-corrected chi connectivity index (χ1v) is 11.9. The number of hydrogen-bond acceptors (Lipinski definition) is 3. The van der Waals surface area contributed by atoms with E-state index in [1.54, 1.807) is 41.3 Å². The summed E-state index contributed by atoms with van der Waals surface area (Å²) in [5.41, 5.74) is 2.78. The predicted octanol–water partition coefficient (Wildman–Crippen LogP) is 7.19. The van der Waals surface area contributed by atoms with Crippen LogP contribution in [0.2, 0.25) is 0 Å². The molecule has 0 aromatic heterocycles. The first-order chi connectivity index (χ1) is 18.0. The molecule has 38 heavy (non-hydrogen) atoms. The first kappa shape index (κ1) is 28.2. The van der Waals surface area contributed by atoms with Crippen LogP contribution in [-0.2, 0) is 22.3 Å². The molecule has 0 aliphatic heterocycles. The van der Waals surface area contributed by atoms with Gasteiger partial charge in [-0.25, -0.2) is 9.59 Å². The van der Waals surface area contributed by atoms with E-state index in [0.717, 1.165) is 28.8 Å². The highest BCUT2D eigenvalue weighted by molar-refractivity contribution is 5.93. The predicted molar refractivity (Wildman–Crippen MR) is 144 cm³/mol. The number of ether oxygens (including phenoxy) is 1. The van der Waals surface area contributed by atoms with Gasteiger partial charge in [0.2, 0.25) is 0 Å². The number of carbonyl (C=O) groups is 2. The quantitative estimate of drug-likeness (QED) is 0.194. The number of benzene rings is 3. The fraction of sp³-hybridized carbons (Fsp3) is 0.200. The fourth-order valence-electron chi connectivity index (χ4n) is 3.56. The normalized spacial score (nSPS) is 11.8. The first-order valence-electron chi connectivity index (χ1n) is 11.9. The summed E-state index contributed by atoms with van der Waals surface area (Å²) in [4.78, 5) is 26.1. The Morgan fingerprint density at radius 3 is 2.16 bits per heavy atom. The Bertz CT molecular complexity index is 1310. The maximum atomic E-state index is 13.0. The lowest BCUT2D eigenvalue weighted by Crippen LogP contribution is -2.42. The molecule has 0 bridgehead atoms. The Kier molecular flexibility index (Phi) is 9.49. The number of esters is 1. The minimum absolute atomic E-state index is 0.0734. The van der Waals surface area contributed by atoms with Crippen LogP contribution in [0.5, 0.6) is 0 Å². The molecule has 0 spiro atoms. The second kappa shape index (κ2) is 12.8. The molecule has 0 heterocycles. The molecule has 2 amide bonds. The van der Waals surface area contributed by atoms with Gasteiger partial charge in [0.05, 0.1) is 19.2 Å². The van der Waals surface area contributed by atoms with Gasteiger partial charge in [-0.15, -0.1) is 0 Å². The summed E-state index contributed by atoms with van der Waals surface area (Å²) < 4.78 is 43.5. The SMILES string of the molecule is COC(=O)/C=C/c1cccc(N(Cc2ccc(/C=C/c3cccc(C(F)(F)F)c3)cc2)C(=O)NC(C)C)c1. The molecule has 0 saturated carbocycles. The molecule has 0 aliphatic carbocycles. The zero-order valence-electron chi connectivity index (χ0n) is 21.3. The van der Waals surface area contributed by atoms with Gasteiger partial charge in [0.25, 0.3) is 0 Å². The summed E-state index contributed by atoms with van der Waals surface area (Å²) in [6.45, 7) is 4.02. The van der Waals surface area contributed by atoms with Crippen LogP contribution in [0.15, 0.2) is 78.9 Å². The summed E-state index contributed by atoms with van der Waals surface area (Å²) >= 11 is 0. The van der Waals surface area contributed by atoms with Gasteiger partial charge in [-0.05, 0) is 66.4 Å². The molecule has 0 fully saturated rings. The lowest BCUT2D eigenvalue weighted by molar-refractivity contribution is -0.137. The van der Waals surface area contributed by atoms with Gasteiger partial charge in [-0.2, -0.15) is 13.2 Å². The average Bonchev–Trinajstić information content (AvgIpc) is 2.89. The molecule has 5 nitrogen and oxygen atoms in total. The monoisotopic (exact) mass is 522 g/mol. The highest BCUT2D eigenvalue weighted by Crippen LogP contribution is 2.30. The lowest BCUT2D eigenvalue weighted by atomic mass is 10.1. The van der Waals surface area contributed by atoms with Gasteiger partial charge < -0.3 is 10.1 Å². The number of nitrogens with zero attached hydrogens (tertiary/aromatic N) is 1. The molecule has 0 atom stereocenters. The van der Waals surface area contributed by atoms with E-state index in [1.165, 1.54) is 19.3 Å². The van der Waals surface area contributed by atoms with Crippen molar-refractivity contribution in [2.24, 2.45) is 0 Å². The molecule has 0 radical (unpaired) electrons. The Balaban J connectivity index is 1.80. The number of urea groups is 1. The van der Waals surface area contributed by atoms with E-state index in [4.69, 9.17) is 0 Å². The zero-order chi connectivity index (χ0) is 27.7. The topological polar surface area (TPSA) is 58.6 Å². The highest BCUT2D eigenvalue weighted by Gasteiger charge is 2.30. The molecule has 0 aliphatic rings. The van der Waals surface area contributed by atoms with Crippen molar-refractivity contribution in [2.75, 3.05) is 12.0 Å². The van der Waals surface area contributed by atoms with Crippen LogP contribution >= 0.6 is 0 Å². The van der Waals surface area contributed by atoms with Gasteiger partial charge in [0.15, 0.2) is 0 Å². The van der Waals surface area contributed by atoms with Crippen LogP contribution in [0.25, 0.3) is 18.2 Å². The Labute approximate surface area is 220 Å². The molecule has 1 N–H and O–H groups in total. The number of hydrogen-bond donors (Lipinski definition) is 1. The van der Waals surface area contributed by atoms with E-state index in [9.17, 15) is 22.8 Å². The summed E-state index contributed by atoms with van der Waals surface area (Å²) in [6.07, 6.45) is 1.89. The van der Waals surface area contributed by atoms with E-state index in [2.05, 4.69) is 10.1 Å². The molecule has 3 aromatic carbocycles. The summed E-state index contributed by atoms with van der Waals surface area (Å²) in [5.74, 6) is -0.480. The number of amides is 2. The van der Waals surface area contributed by atoms with Crippen molar-refractivity contribution in [1.82, 2.24) is 5.32 Å². The molecule has 198 valence electrons. The standard InChI is InChI=1S/C30H29F3N2O3/c1-21(2)34-29(37)35(27-9-5-7-24(19-27)16-17-28(36)38-3)20-25-14-11-22(12-15-25)10-13-23-6-4-8-26(18-23)30(31,32)33/h4-19,21H,20H2,1-3H3,(H,34,37)/b13-10+,17-16+. The Morgan fingerprint density at radius 1 is 0.895 bits per heavy atom. The smallest absolute Gasteiger partial charge is 0.416 e. The second-order valence-corrected chi connectivity index (χ2v) is 8.84. The number of carbonyl (C=O) groups excluding carboxylic acids is 2. The molecule has 8 heteroatoms. The maximum absolute atomic E-state index is 13.0. The lowest BCUT2D eigenvalue weighted by Gasteiger charge is -2.25. The van der Waals surface area contributed by atoms with E-state index >= 15 is 0 Å². The average molecular weight is 523 g/mol. The fourth-order valence-corrected chi connectivity index (χ4v) is 3.56. The zero-order valence-corrected chi connectivity index (χ0v) is 21.3. The van der Waals surface area contributed by atoms with Crippen LogP contribution in [0.1, 0.15) is 41.7 Å². The van der Waals surface area contributed by atoms with Crippen LogP contribution in [0.3, 0.4) is 0 Å². The molecule has 0 unspecified atom stereocenters. The molecule has 3 rings (SSSR count). The Morgan fingerprint density at radius 2 is 1.53 bits per heavy atom. The van der Waals surface area contributed by atoms with Crippen molar-refractivity contribution in [2.45, 2.75) is 32.6 Å². The number of nitrogens with one attached hydrogen (secondary N) is 1. The van der Waals surface area contributed by atoms with Crippen molar-refractivity contribution in [3.8, 4) is 0 Å². The number of alkyl halides is 3. The van der Waals surface area contributed by atoms with Crippen molar-refractivity contribution in [3.63, 3.8) is 0 Å². The number of methoxy groups -OCH3 is 1. The van der Waals surface area contributed by atoms with E-state index < -0.39 is 17.7 Å². The third-order valence-electron chi connectivity index (χ3n) is 5.45. The van der Waals surface area contributed by atoms with Crippen LogP contribution in [-0.4, -0.2) is 25.2 Å². The maximum Gasteiger partial charge on any atom is 0.416 e. The molecular formula is C30H29F3N2O3. The van der Waals surface area contributed by atoms with E-state index in [-0.39, 0.29) is 18.6 Å². The van der Waals surface area contributed by atoms with Crippen LogP contribution < -0.4 is 10.2 Å². The van der Waals surface area contributed by atoms with Gasteiger partial charge in [-0.1, -0.05) is 60.7 Å². The van der Waals surface area contributed by atoms with Crippen LogP contribution in [0.4, 0.5) is 23.7 Å². The van der Waals surface area contributed by atoms with Crippen molar-refractivity contribution >= 4 is 35.9 Å². The second-order valence-electron chi connectivity index (χ2n) is 8.84. The Hall–Kier alpha value is -4.33. The van der Waals surface area contributed by atoms with Crippen molar-refractivity contribution in [3.05, 3.63) is 107 Å². The van der Waals surface area contributed by atoms with Crippen molar-refractivity contribution in [1.29, 1.82) is 0 Å². The van der Waals surface area contributed by atoms with Gasteiger partial charge in [0.1, 0.15) is 0 Å². The van der Waals surface area contributed by atoms with Gasteiger partial charge in [0, 0.05) is 17.8 Å². The number of rotatable bonds is 8. The minimum atomic E-state index is -4.39. The summed E-state index contributed by atoms with van der Waals surface area (Å²) in [6, 6.07) is 19.4. The van der Waals surface area contributed by atoms with Crippen LogP contribution in [0, 0.1) is 0 Å². The summed E-state index contributed by atoms with van der Waals surface area (Å²) in [5, 5.41) is 2.91. The molecule has 3 aromatic rings. The molecule has 0 saturated heterocycles. The van der Waals surface area contributed by atoms with Gasteiger partial charge >= 0.3 is 18.2 Å². The third-order valence-corrected chi connectivity index (χ3v) is 5.45. The van der Waals surface area contributed by atoms with E-state index in [0.29, 0.717) is 11.3 Å². The van der Waals surface area contributed by atoms with E-state index in [1.807, 2.05) is 50.2 Å².